The summed E-state index contributed by atoms with van der Waals surface area (Å²) in [6, 6.07) is 9.18. The Bertz CT molecular complexity index is 503. The molecule has 0 saturated carbocycles. The maximum Gasteiger partial charge on any atom is 0.521 e. The molecule has 7 nitrogen and oxygen atoms in total. The minimum atomic E-state index is -1.09. The molecule has 0 heterocycles. The van der Waals surface area contributed by atoms with Gasteiger partial charge in [-0.25, -0.2) is 4.79 Å². The normalized spacial score (nSPS) is 11.2. The van der Waals surface area contributed by atoms with Gasteiger partial charge in [0.05, 0.1) is 12.8 Å². The Morgan fingerprint density at radius 1 is 1.05 bits per heavy atom. The molecule has 8 heteroatoms. The van der Waals surface area contributed by atoms with Crippen LogP contribution in [0.3, 0.4) is 0 Å². The van der Waals surface area contributed by atoms with Crippen LogP contribution >= 0.6 is 23.0 Å². The number of ether oxygens (including phenoxy) is 3. The monoisotopic (exact) mass is 422 g/mol. The molecule has 22 heavy (non-hydrogen) atoms. The number of carbonyl (C=O) groups is 3. The summed E-state index contributed by atoms with van der Waals surface area (Å²) in [6.45, 7) is 1.51. The first-order valence-electron chi connectivity index (χ1n) is 6.39. The Kier molecular flexibility index (Phi) is 8.26. The lowest BCUT2D eigenvalue weighted by Gasteiger charge is -2.12. The fraction of sp³-hybridized carbons (Fsp3) is 0.357. The molecule has 1 rings (SSSR count). The molecule has 0 aliphatic rings. The minimum Gasteiger partial charge on any atom is -0.461 e. The van der Waals surface area contributed by atoms with E-state index in [9.17, 15) is 14.4 Å². The highest BCUT2D eigenvalue weighted by atomic mass is 127. The third-order valence-corrected chi connectivity index (χ3v) is 2.76. The number of rotatable bonds is 7. The van der Waals surface area contributed by atoms with Gasteiger partial charge in [-0.15, -0.1) is 0 Å². The summed E-state index contributed by atoms with van der Waals surface area (Å²) >= 11 is 1.34. The number of halogens is 1. The van der Waals surface area contributed by atoms with Gasteiger partial charge in [-0.05, 0) is 5.56 Å². The van der Waals surface area contributed by atoms with E-state index in [1.54, 1.807) is 0 Å². The molecule has 0 saturated heterocycles. The molecule has 0 aliphatic heterocycles. The van der Waals surface area contributed by atoms with Crippen LogP contribution in [0.2, 0.25) is 0 Å². The van der Waals surface area contributed by atoms with Gasteiger partial charge in [0.15, 0.2) is 23.0 Å². The second-order valence-electron chi connectivity index (χ2n) is 4.15. The molecule has 0 fully saturated rings. The Hall–Kier alpha value is -1.84. The summed E-state index contributed by atoms with van der Waals surface area (Å²) < 4.78 is 18.5. The Labute approximate surface area is 141 Å². The van der Waals surface area contributed by atoms with Gasteiger partial charge < -0.3 is 17.3 Å². The van der Waals surface area contributed by atoms with E-state index in [2.05, 4.69) is 7.80 Å². The molecule has 0 N–H and O–H groups in total. The molecule has 0 aliphatic carbocycles. The number of hydrogen-bond acceptors (Lipinski definition) is 7. The molecule has 1 aromatic carbocycles. The maximum atomic E-state index is 11.5. The van der Waals surface area contributed by atoms with E-state index in [0.717, 1.165) is 5.56 Å². The first kappa shape index (κ1) is 18.2. The third-order valence-electron chi connectivity index (χ3n) is 2.40. The van der Waals surface area contributed by atoms with Gasteiger partial charge in [-0.3, -0.25) is 9.59 Å². The van der Waals surface area contributed by atoms with Crippen LogP contribution in [0, 0.1) is 0 Å². The topological polar surface area (TPSA) is 88.1 Å². The maximum absolute atomic E-state index is 11.5. The quantitative estimate of drug-likeness (QED) is 0.379. The Balaban J connectivity index is 2.20. The van der Waals surface area contributed by atoms with Crippen LogP contribution in [-0.4, -0.2) is 24.4 Å². The molecule has 0 spiro atoms. The average molecular weight is 422 g/mol. The summed E-state index contributed by atoms with van der Waals surface area (Å²) in [5.41, 5.74) is 0.859. The summed E-state index contributed by atoms with van der Waals surface area (Å²) in [5.74, 6) is -1.19. The highest BCUT2D eigenvalue weighted by molar-refractivity contribution is 14.1. The van der Waals surface area contributed by atoms with E-state index in [1.165, 1.54) is 29.9 Å². The van der Waals surface area contributed by atoms with E-state index in [4.69, 9.17) is 9.47 Å². The van der Waals surface area contributed by atoms with Crippen LogP contribution in [-0.2, 0) is 33.5 Å². The van der Waals surface area contributed by atoms with Gasteiger partial charge in [-0.1, -0.05) is 30.3 Å². The van der Waals surface area contributed by atoms with Crippen LogP contribution in [0.5, 0.6) is 0 Å². The smallest absolute Gasteiger partial charge is 0.461 e. The largest absolute Gasteiger partial charge is 0.521 e. The fourth-order valence-electron chi connectivity index (χ4n) is 1.44. The zero-order chi connectivity index (χ0) is 16.4. The summed E-state index contributed by atoms with van der Waals surface area (Å²) in [5, 5.41) is 0. The molecule has 1 aromatic rings. The van der Waals surface area contributed by atoms with Crippen LogP contribution in [0.1, 0.15) is 25.3 Å². The highest BCUT2D eigenvalue weighted by Crippen LogP contribution is 2.05. The van der Waals surface area contributed by atoms with Crippen molar-refractivity contribution in [3.05, 3.63) is 35.9 Å². The molecule has 0 amide bonds. The van der Waals surface area contributed by atoms with Crippen LogP contribution in [0.15, 0.2) is 30.3 Å². The van der Waals surface area contributed by atoms with Gasteiger partial charge in [0.2, 0.25) is 6.29 Å². The second-order valence-corrected chi connectivity index (χ2v) is 4.59. The zero-order valence-electron chi connectivity index (χ0n) is 11.8. The summed E-state index contributed by atoms with van der Waals surface area (Å²) in [4.78, 5) is 33.7. The highest BCUT2D eigenvalue weighted by Gasteiger charge is 2.16. The lowest BCUT2D eigenvalue weighted by Crippen LogP contribution is -2.21. The van der Waals surface area contributed by atoms with Crippen molar-refractivity contribution in [2.24, 2.45) is 0 Å². The van der Waals surface area contributed by atoms with Gasteiger partial charge in [0, 0.05) is 6.92 Å². The van der Waals surface area contributed by atoms with Crippen LogP contribution in [0.4, 0.5) is 4.79 Å². The van der Waals surface area contributed by atoms with Crippen molar-refractivity contribution in [3.8, 4) is 0 Å². The SMILES string of the molecule is CC(OC(=O)CCC(=O)OCc1ccccc1)OC(=O)OI. The zero-order valence-corrected chi connectivity index (χ0v) is 14.0. The lowest BCUT2D eigenvalue weighted by atomic mass is 10.2. The van der Waals surface area contributed by atoms with Crippen LogP contribution < -0.4 is 0 Å². The standard InChI is InChI=1S/C14H15IO7/c1-10(21-14(18)22-15)20-13(17)8-7-12(16)19-9-11-5-3-2-4-6-11/h2-6,10H,7-9H2,1H3. The lowest BCUT2D eigenvalue weighted by molar-refractivity contribution is -0.168. The minimum absolute atomic E-state index is 0.116. The van der Waals surface area contributed by atoms with Crippen LogP contribution in [0.25, 0.3) is 0 Å². The molecule has 120 valence electrons. The van der Waals surface area contributed by atoms with E-state index in [1.807, 2.05) is 30.3 Å². The molecule has 0 aromatic heterocycles. The number of esters is 2. The molecule has 0 radical (unpaired) electrons. The summed E-state index contributed by atoms with van der Waals surface area (Å²) in [7, 11) is 0. The van der Waals surface area contributed by atoms with Gasteiger partial charge >= 0.3 is 18.1 Å². The molecule has 0 bridgehead atoms. The van der Waals surface area contributed by atoms with E-state index < -0.39 is 24.4 Å². The Morgan fingerprint density at radius 2 is 1.68 bits per heavy atom. The molecular weight excluding hydrogens is 407 g/mol. The van der Waals surface area contributed by atoms with Gasteiger partial charge in [0.1, 0.15) is 6.61 Å². The third kappa shape index (κ3) is 7.81. The van der Waals surface area contributed by atoms with Crippen molar-refractivity contribution in [2.75, 3.05) is 0 Å². The van der Waals surface area contributed by atoms with Crippen molar-refractivity contribution < 1.29 is 31.7 Å². The van der Waals surface area contributed by atoms with E-state index in [0.29, 0.717) is 0 Å². The molecule has 1 unspecified atom stereocenters. The number of hydrogen-bond donors (Lipinski definition) is 0. The predicted molar refractivity (Wildman–Crippen MR) is 82.6 cm³/mol. The van der Waals surface area contributed by atoms with E-state index >= 15 is 0 Å². The van der Waals surface area contributed by atoms with Gasteiger partial charge in [-0.2, -0.15) is 0 Å². The number of carbonyl (C=O) groups excluding carboxylic acids is 3. The summed E-state index contributed by atoms with van der Waals surface area (Å²) in [6.07, 6.45) is -2.34. The van der Waals surface area contributed by atoms with E-state index in [-0.39, 0.29) is 19.4 Å². The Morgan fingerprint density at radius 3 is 2.32 bits per heavy atom. The van der Waals surface area contributed by atoms with Crippen molar-refractivity contribution in [2.45, 2.75) is 32.7 Å². The molecule has 1 atom stereocenters. The second kappa shape index (κ2) is 9.98. The molecular formula is C14H15IO7. The number of benzene rings is 1. The fourth-order valence-corrected chi connectivity index (χ4v) is 1.54. The van der Waals surface area contributed by atoms with Crippen molar-refractivity contribution in [1.82, 2.24) is 0 Å². The van der Waals surface area contributed by atoms with Crippen molar-refractivity contribution in [3.63, 3.8) is 0 Å². The predicted octanol–water partition coefficient (Wildman–Crippen LogP) is 2.90. The van der Waals surface area contributed by atoms with Crippen molar-refractivity contribution in [1.29, 1.82) is 0 Å². The average Bonchev–Trinajstić information content (AvgIpc) is 2.51. The van der Waals surface area contributed by atoms with Crippen molar-refractivity contribution >= 4 is 41.1 Å². The first-order chi connectivity index (χ1) is 10.5. The van der Waals surface area contributed by atoms with Gasteiger partial charge in [0.25, 0.3) is 0 Å². The first-order valence-corrected chi connectivity index (χ1v) is 7.27.